The van der Waals surface area contributed by atoms with E-state index in [0.717, 1.165) is 11.1 Å². The number of aryl methyl sites for hydroxylation is 2. The predicted molar refractivity (Wildman–Crippen MR) is 74.4 cm³/mol. The first-order valence-electron chi connectivity index (χ1n) is 5.97. The minimum absolute atomic E-state index is 0.232. The molecular formula is C14H22N2O2. The molecule has 0 aliphatic carbocycles. The summed E-state index contributed by atoms with van der Waals surface area (Å²) in [5.74, 6) is 0.669. The lowest BCUT2D eigenvalue weighted by atomic mass is 10.1. The second kappa shape index (κ2) is 5.29. The topological polar surface area (TPSA) is 50.4 Å². The fraction of sp³-hybridized carbons (Fsp3) is 0.500. The fourth-order valence-electron chi connectivity index (χ4n) is 1.55. The zero-order valence-corrected chi connectivity index (χ0v) is 12.0. The third-order valence-electron chi connectivity index (χ3n) is 2.55. The lowest BCUT2D eigenvalue weighted by Gasteiger charge is -2.21. The average molecular weight is 250 g/mol. The molecule has 0 atom stereocenters. The van der Waals surface area contributed by atoms with Crippen molar-refractivity contribution in [2.45, 2.75) is 40.2 Å². The van der Waals surface area contributed by atoms with Gasteiger partial charge in [-0.05, 0) is 57.9 Å². The minimum atomic E-state index is -0.267. The van der Waals surface area contributed by atoms with Gasteiger partial charge in [-0.15, -0.1) is 0 Å². The van der Waals surface area contributed by atoms with Gasteiger partial charge in [0.25, 0.3) is 0 Å². The van der Waals surface area contributed by atoms with Crippen LogP contribution in [-0.4, -0.2) is 18.7 Å². The molecule has 0 unspecified atom stereocenters. The first kappa shape index (κ1) is 14.4. The SMILES string of the molecule is COc1cc(C)c(C)cc1NC(=O)NC(C)(C)C. The van der Waals surface area contributed by atoms with Crippen molar-refractivity contribution in [3.05, 3.63) is 23.3 Å². The van der Waals surface area contributed by atoms with Crippen molar-refractivity contribution in [1.82, 2.24) is 5.32 Å². The van der Waals surface area contributed by atoms with Gasteiger partial charge in [0.2, 0.25) is 0 Å². The summed E-state index contributed by atoms with van der Waals surface area (Å²) in [7, 11) is 1.59. The molecule has 0 aliphatic rings. The van der Waals surface area contributed by atoms with Crippen LogP contribution in [0, 0.1) is 13.8 Å². The average Bonchev–Trinajstić information content (AvgIpc) is 2.20. The molecule has 18 heavy (non-hydrogen) atoms. The molecule has 1 aromatic rings. The Bertz CT molecular complexity index is 448. The highest BCUT2D eigenvalue weighted by Crippen LogP contribution is 2.27. The van der Waals surface area contributed by atoms with E-state index in [1.165, 1.54) is 0 Å². The summed E-state index contributed by atoms with van der Waals surface area (Å²) in [5.41, 5.74) is 2.66. The number of amides is 2. The molecule has 0 radical (unpaired) electrons. The van der Waals surface area contributed by atoms with E-state index in [2.05, 4.69) is 10.6 Å². The van der Waals surface area contributed by atoms with E-state index in [4.69, 9.17) is 4.74 Å². The summed E-state index contributed by atoms with van der Waals surface area (Å²) in [6.07, 6.45) is 0. The summed E-state index contributed by atoms with van der Waals surface area (Å²) >= 11 is 0. The summed E-state index contributed by atoms with van der Waals surface area (Å²) in [6, 6.07) is 3.60. The molecule has 0 spiro atoms. The summed E-state index contributed by atoms with van der Waals surface area (Å²) in [4.78, 5) is 11.8. The van der Waals surface area contributed by atoms with Crippen LogP contribution in [0.25, 0.3) is 0 Å². The van der Waals surface area contributed by atoms with Gasteiger partial charge in [0.1, 0.15) is 5.75 Å². The number of anilines is 1. The summed E-state index contributed by atoms with van der Waals surface area (Å²) in [5, 5.41) is 5.66. The lowest BCUT2D eigenvalue weighted by Crippen LogP contribution is -2.43. The second-order valence-corrected chi connectivity index (χ2v) is 5.47. The van der Waals surface area contributed by atoms with Gasteiger partial charge in [0.15, 0.2) is 0 Å². The van der Waals surface area contributed by atoms with Crippen LogP contribution in [0.3, 0.4) is 0 Å². The Balaban J connectivity index is 2.90. The highest BCUT2D eigenvalue weighted by molar-refractivity contribution is 5.91. The van der Waals surface area contributed by atoms with Crippen LogP contribution in [0.15, 0.2) is 12.1 Å². The maximum absolute atomic E-state index is 11.8. The van der Waals surface area contributed by atoms with E-state index >= 15 is 0 Å². The van der Waals surface area contributed by atoms with Crippen LogP contribution in [0.2, 0.25) is 0 Å². The molecule has 0 fully saturated rings. The molecule has 0 heterocycles. The number of benzene rings is 1. The number of hydrogen-bond donors (Lipinski definition) is 2. The summed E-state index contributed by atoms with van der Waals surface area (Å²) in [6.45, 7) is 9.82. The van der Waals surface area contributed by atoms with Crippen molar-refractivity contribution in [1.29, 1.82) is 0 Å². The minimum Gasteiger partial charge on any atom is -0.495 e. The zero-order valence-electron chi connectivity index (χ0n) is 12.0. The molecule has 0 aliphatic heterocycles. The predicted octanol–water partition coefficient (Wildman–Crippen LogP) is 3.23. The van der Waals surface area contributed by atoms with E-state index < -0.39 is 0 Å². The molecule has 0 saturated carbocycles. The van der Waals surface area contributed by atoms with Gasteiger partial charge in [0, 0.05) is 5.54 Å². The van der Waals surface area contributed by atoms with Crippen LogP contribution in [0.4, 0.5) is 10.5 Å². The van der Waals surface area contributed by atoms with E-state index in [0.29, 0.717) is 11.4 Å². The van der Waals surface area contributed by atoms with Crippen molar-refractivity contribution in [3.63, 3.8) is 0 Å². The monoisotopic (exact) mass is 250 g/mol. The standard InChI is InChI=1S/C14H22N2O2/c1-9-7-11(12(18-6)8-10(9)2)15-13(17)16-14(3,4)5/h7-8H,1-6H3,(H2,15,16,17). The Morgan fingerprint density at radius 2 is 1.72 bits per heavy atom. The van der Waals surface area contributed by atoms with Gasteiger partial charge in [-0.1, -0.05) is 0 Å². The zero-order chi connectivity index (χ0) is 13.9. The third kappa shape index (κ3) is 3.95. The smallest absolute Gasteiger partial charge is 0.319 e. The fourth-order valence-corrected chi connectivity index (χ4v) is 1.55. The lowest BCUT2D eigenvalue weighted by molar-refractivity contribution is 0.243. The first-order chi connectivity index (χ1) is 8.23. The van der Waals surface area contributed by atoms with Crippen LogP contribution in [0.5, 0.6) is 5.75 Å². The maximum Gasteiger partial charge on any atom is 0.319 e. The van der Waals surface area contributed by atoms with Gasteiger partial charge < -0.3 is 15.4 Å². The molecule has 100 valence electrons. The molecule has 1 rings (SSSR count). The van der Waals surface area contributed by atoms with Gasteiger partial charge in [-0.3, -0.25) is 0 Å². The van der Waals surface area contributed by atoms with Crippen LogP contribution >= 0.6 is 0 Å². The number of carbonyl (C=O) groups is 1. The van der Waals surface area contributed by atoms with Crippen LogP contribution in [-0.2, 0) is 0 Å². The Morgan fingerprint density at radius 1 is 1.17 bits per heavy atom. The van der Waals surface area contributed by atoms with E-state index in [-0.39, 0.29) is 11.6 Å². The highest BCUT2D eigenvalue weighted by Gasteiger charge is 2.15. The molecule has 2 N–H and O–H groups in total. The summed E-state index contributed by atoms with van der Waals surface area (Å²) < 4.78 is 5.27. The first-order valence-corrected chi connectivity index (χ1v) is 5.97. The van der Waals surface area contributed by atoms with Gasteiger partial charge in [-0.25, -0.2) is 4.79 Å². The highest BCUT2D eigenvalue weighted by atomic mass is 16.5. The number of urea groups is 1. The normalized spacial score (nSPS) is 11.0. The van der Waals surface area contributed by atoms with Gasteiger partial charge in [0.05, 0.1) is 12.8 Å². The van der Waals surface area contributed by atoms with Crippen molar-refractivity contribution in [3.8, 4) is 5.75 Å². The number of carbonyl (C=O) groups excluding carboxylic acids is 1. The Hall–Kier alpha value is -1.71. The van der Waals surface area contributed by atoms with Crippen molar-refractivity contribution < 1.29 is 9.53 Å². The molecular weight excluding hydrogens is 228 g/mol. The quantitative estimate of drug-likeness (QED) is 0.846. The van der Waals surface area contributed by atoms with Gasteiger partial charge >= 0.3 is 6.03 Å². The molecule has 2 amide bonds. The number of rotatable bonds is 2. The Kier molecular flexibility index (Phi) is 4.22. The van der Waals surface area contributed by atoms with Crippen molar-refractivity contribution in [2.75, 3.05) is 12.4 Å². The van der Waals surface area contributed by atoms with E-state index in [1.807, 2.05) is 46.8 Å². The number of methoxy groups -OCH3 is 1. The molecule has 4 nitrogen and oxygen atoms in total. The third-order valence-corrected chi connectivity index (χ3v) is 2.55. The second-order valence-electron chi connectivity index (χ2n) is 5.47. The van der Waals surface area contributed by atoms with E-state index in [9.17, 15) is 4.79 Å². The number of hydrogen-bond acceptors (Lipinski definition) is 2. The largest absolute Gasteiger partial charge is 0.495 e. The van der Waals surface area contributed by atoms with E-state index in [1.54, 1.807) is 7.11 Å². The molecule has 1 aromatic carbocycles. The van der Waals surface area contributed by atoms with Crippen molar-refractivity contribution >= 4 is 11.7 Å². The molecule has 0 aromatic heterocycles. The Labute approximate surface area is 109 Å². The number of ether oxygens (including phenoxy) is 1. The molecule has 4 heteroatoms. The van der Waals surface area contributed by atoms with Crippen LogP contribution < -0.4 is 15.4 Å². The van der Waals surface area contributed by atoms with Gasteiger partial charge in [-0.2, -0.15) is 0 Å². The number of nitrogens with one attached hydrogen (secondary N) is 2. The van der Waals surface area contributed by atoms with Crippen LogP contribution in [0.1, 0.15) is 31.9 Å². The maximum atomic E-state index is 11.8. The molecule has 0 bridgehead atoms. The molecule has 0 saturated heterocycles. The Morgan fingerprint density at radius 3 is 2.22 bits per heavy atom. The van der Waals surface area contributed by atoms with Crippen molar-refractivity contribution in [2.24, 2.45) is 0 Å².